The van der Waals surface area contributed by atoms with Crippen molar-refractivity contribution >= 4 is 17.3 Å². The molecule has 0 bridgehead atoms. The fraction of sp³-hybridized carbons (Fsp3) is 0.250. The number of nitrogens with one attached hydrogen (secondary N) is 1. The van der Waals surface area contributed by atoms with Gasteiger partial charge < -0.3 is 10.4 Å². The Morgan fingerprint density at radius 2 is 2.05 bits per heavy atom. The third-order valence-electron chi connectivity index (χ3n) is 3.24. The van der Waals surface area contributed by atoms with Crippen LogP contribution in [0.5, 0.6) is 0 Å². The molecule has 0 aliphatic rings. The highest BCUT2D eigenvalue weighted by molar-refractivity contribution is 5.95. The van der Waals surface area contributed by atoms with E-state index in [4.69, 9.17) is 0 Å². The lowest BCUT2D eigenvalue weighted by Crippen LogP contribution is -2.06. The van der Waals surface area contributed by atoms with E-state index < -0.39 is 5.97 Å². The molecule has 2 aromatic rings. The smallest absolute Gasteiger partial charge is 0.337 e. The summed E-state index contributed by atoms with van der Waals surface area (Å²) in [5.41, 5.74) is 3.92. The number of para-hydroxylation sites is 1. The van der Waals surface area contributed by atoms with E-state index in [1.165, 1.54) is 12.3 Å². The zero-order chi connectivity index (χ0) is 14.7. The van der Waals surface area contributed by atoms with Crippen molar-refractivity contribution in [1.82, 2.24) is 4.98 Å². The number of aryl methyl sites for hydroxylation is 1. The number of nitrogens with zero attached hydrogens (tertiary/aromatic N) is 1. The molecule has 104 valence electrons. The second kappa shape index (κ2) is 5.74. The molecule has 2 N–H and O–H groups in total. The number of aromatic nitrogens is 1. The van der Waals surface area contributed by atoms with Crippen molar-refractivity contribution in [3.63, 3.8) is 0 Å². The van der Waals surface area contributed by atoms with Gasteiger partial charge in [0.1, 0.15) is 0 Å². The van der Waals surface area contributed by atoms with E-state index in [1.807, 2.05) is 19.1 Å². The van der Waals surface area contributed by atoms with Crippen LogP contribution in [0.1, 0.15) is 41.3 Å². The quantitative estimate of drug-likeness (QED) is 0.882. The average molecular weight is 270 g/mol. The van der Waals surface area contributed by atoms with Gasteiger partial charge in [0, 0.05) is 11.9 Å². The predicted molar refractivity (Wildman–Crippen MR) is 79.7 cm³/mol. The van der Waals surface area contributed by atoms with Crippen molar-refractivity contribution in [2.24, 2.45) is 0 Å². The minimum Gasteiger partial charge on any atom is -0.478 e. The molecule has 1 aromatic carbocycles. The molecule has 0 atom stereocenters. The molecule has 0 saturated carbocycles. The summed E-state index contributed by atoms with van der Waals surface area (Å²) in [7, 11) is 0. The first-order chi connectivity index (χ1) is 9.50. The molecule has 0 amide bonds. The van der Waals surface area contributed by atoms with Gasteiger partial charge in [0.05, 0.1) is 17.4 Å². The summed E-state index contributed by atoms with van der Waals surface area (Å²) in [6, 6.07) is 7.57. The van der Waals surface area contributed by atoms with E-state index in [1.54, 1.807) is 6.20 Å². The van der Waals surface area contributed by atoms with Gasteiger partial charge in [-0.3, -0.25) is 4.98 Å². The third kappa shape index (κ3) is 2.79. The van der Waals surface area contributed by atoms with Gasteiger partial charge >= 0.3 is 5.97 Å². The van der Waals surface area contributed by atoms with Crippen molar-refractivity contribution in [2.45, 2.75) is 26.7 Å². The Bertz CT molecular complexity index is 636. The summed E-state index contributed by atoms with van der Waals surface area (Å²) in [6.45, 7) is 6.23. The molecular formula is C16H18N2O2. The molecule has 0 unspecified atom stereocenters. The van der Waals surface area contributed by atoms with Gasteiger partial charge in [-0.25, -0.2) is 4.79 Å². The highest BCUT2D eigenvalue weighted by Gasteiger charge is 2.14. The predicted octanol–water partition coefficient (Wildman–Crippen LogP) is 3.96. The number of carbonyl (C=O) groups is 1. The molecular weight excluding hydrogens is 252 g/mol. The number of carboxylic acid groups (broad SMARTS) is 1. The minimum atomic E-state index is -0.963. The number of hydrogen-bond acceptors (Lipinski definition) is 3. The van der Waals surface area contributed by atoms with Crippen LogP contribution in [0.2, 0.25) is 0 Å². The number of anilines is 2. The fourth-order valence-corrected chi connectivity index (χ4v) is 2.16. The number of pyridine rings is 1. The summed E-state index contributed by atoms with van der Waals surface area (Å²) < 4.78 is 0. The van der Waals surface area contributed by atoms with E-state index in [2.05, 4.69) is 30.2 Å². The standard InChI is InChI=1S/C16H18N2O2/c1-10(2)12-6-4-5-11(3)15(12)18-14-9-17-8-7-13(14)16(19)20/h4-10,18H,1-3H3,(H,19,20). The fourth-order valence-electron chi connectivity index (χ4n) is 2.16. The van der Waals surface area contributed by atoms with Crippen molar-refractivity contribution in [3.05, 3.63) is 53.3 Å². The summed E-state index contributed by atoms with van der Waals surface area (Å²) in [5, 5.41) is 12.5. The van der Waals surface area contributed by atoms with Crippen LogP contribution >= 0.6 is 0 Å². The lowest BCUT2D eigenvalue weighted by atomic mass is 9.98. The molecule has 4 nitrogen and oxygen atoms in total. The van der Waals surface area contributed by atoms with Gasteiger partial charge in [-0.1, -0.05) is 32.0 Å². The summed E-state index contributed by atoms with van der Waals surface area (Å²) in [4.78, 5) is 15.3. The van der Waals surface area contributed by atoms with Crippen LogP contribution in [-0.4, -0.2) is 16.1 Å². The van der Waals surface area contributed by atoms with Crippen LogP contribution < -0.4 is 5.32 Å². The summed E-state index contributed by atoms with van der Waals surface area (Å²) in [5.74, 6) is -0.614. The Kier molecular flexibility index (Phi) is 4.03. The van der Waals surface area contributed by atoms with Crippen LogP contribution in [0, 0.1) is 6.92 Å². The highest BCUT2D eigenvalue weighted by Crippen LogP contribution is 2.31. The maximum atomic E-state index is 11.2. The van der Waals surface area contributed by atoms with Gasteiger partial charge in [0.2, 0.25) is 0 Å². The number of carboxylic acids is 1. The Morgan fingerprint density at radius 3 is 2.70 bits per heavy atom. The largest absolute Gasteiger partial charge is 0.478 e. The Balaban J connectivity index is 2.48. The number of rotatable bonds is 4. The normalized spacial score (nSPS) is 10.6. The molecule has 1 heterocycles. The highest BCUT2D eigenvalue weighted by atomic mass is 16.4. The van der Waals surface area contributed by atoms with Crippen LogP contribution in [0.25, 0.3) is 0 Å². The molecule has 2 rings (SSSR count). The number of benzene rings is 1. The van der Waals surface area contributed by atoms with Gasteiger partial charge in [-0.05, 0) is 30.0 Å². The Morgan fingerprint density at radius 1 is 1.30 bits per heavy atom. The molecule has 1 aromatic heterocycles. The molecule has 0 fully saturated rings. The number of aromatic carboxylic acids is 1. The van der Waals surface area contributed by atoms with Crippen LogP contribution in [0.15, 0.2) is 36.7 Å². The lowest BCUT2D eigenvalue weighted by molar-refractivity contribution is 0.0698. The zero-order valence-electron chi connectivity index (χ0n) is 11.8. The topological polar surface area (TPSA) is 62.2 Å². The van der Waals surface area contributed by atoms with Gasteiger partial charge in [0.15, 0.2) is 0 Å². The Hall–Kier alpha value is -2.36. The van der Waals surface area contributed by atoms with E-state index in [0.717, 1.165) is 16.8 Å². The maximum Gasteiger partial charge on any atom is 0.337 e. The molecule has 0 spiro atoms. The number of hydrogen-bond donors (Lipinski definition) is 2. The van der Waals surface area contributed by atoms with Gasteiger partial charge in [-0.2, -0.15) is 0 Å². The molecule has 20 heavy (non-hydrogen) atoms. The van der Waals surface area contributed by atoms with E-state index in [9.17, 15) is 9.90 Å². The SMILES string of the molecule is Cc1cccc(C(C)C)c1Nc1cnccc1C(=O)O. The van der Waals surface area contributed by atoms with Crippen molar-refractivity contribution in [2.75, 3.05) is 5.32 Å². The van der Waals surface area contributed by atoms with Crippen molar-refractivity contribution in [3.8, 4) is 0 Å². The van der Waals surface area contributed by atoms with E-state index >= 15 is 0 Å². The minimum absolute atomic E-state index is 0.220. The van der Waals surface area contributed by atoms with Gasteiger partial charge in [-0.15, -0.1) is 0 Å². The first-order valence-corrected chi connectivity index (χ1v) is 6.54. The second-order valence-electron chi connectivity index (χ2n) is 5.05. The lowest BCUT2D eigenvalue weighted by Gasteiger charge is -2.18. The second-order valence-corrected chi connectivity index (χ2v) is 5.05. The Labute approximate surface area is 118 Å². The van der Waals surface area contributed by atoms with Crippen LogP contribution in [0.3, 0.4) is 0 Å². The first-order valence-electron chi connectivity index (χ1n) is 6.54. The van der Waals surface area contributed by atoms with Gasteiger partial charge in [0.25, 0.3) is 0 Å². The summed E-state index contributed by atoms with van der Waals surface area (Å²) >= 11 is 0. The van der Waals surface area contributed by atoms with Crippen molar-refractivity contribution in [1.29, 1.82) is 0 Å². The van der Waals surface area contributed by atoms with E-state index in [-0.39, 0.29) is 5.56 Å². The maximum absolute atomic E-state index is 11.2. The molecule has 4 heteroatoms. The summed E-state index contributed by atoms with van der Waals surface area (Å²) in [6.07, 6.45) is 3.02. The monoisotopic (exact) mass is 270 g/mol. The first kappa shape index (κ1) is 14.1. The van der Waals surface area contributed by atoms with Crippen LogP contribution in [-0.2, 0) is 0 Å². The van der Waals surface area contributed by atoms with E-state index in [0.29, 0.717) is 11.6 Å². The zero-order valence-corrected chi connectivity index (χ0v) is 11.8. The van der Waals surface area contributed by atoms with Crippen molar-refractivity contribution < 1.29 is 9.90 Å². The molecule has 0 radical (unpaired) electrons. The third-order valence-corrected chi connectivity index (χ3v) is 3.24. The molecule has 0 aliphatic heterocycles. The molecule has 0 aliphatic carbocycles. The average Bonchev–Trinajstić information content (AvgIpc) is 2.41. The molecule has 0 saturated heterocycles. The van der Waals surface area contributed by atoms with Crippen LogP contribution in [0.4, 0.5) is 11.4 Å².